The number of anilines is 2. The largest absolute Gasteiger partial charge is 0.378 e. The lowest BCUT2D eigenvalue weighted by molar-refractivity contribution is 0.122. The molecule has 6 heteroatoms. The summed E-state index contributed by atoms with van der Waals surface area (Å²) < 4.78 is 33.4. The molecule has 0 saturated carbocycles. The van der Waals surface area contributed by atoms with Crippen molar-refractivity contribution in [2.45, 2.75) is 37.5 Å². The molecule has 2 aromatic carbocycles. The zero-order chi connectivity index (χ0) is 19.5. The molecule has 3 rings (SSSR count). The fourth-order valence-corrected chi connectivity index (χ4v) is 4.12. The number of nitrogens with one attached hydrogen (secondary N) is 1. The average Bonchev–Trinajstić information content (AvgIpc) is 2.69. The monoisotopic (exact) mass is 388 g/mol. The van der Waals surface area contributed by atoms with Gasteiger partial charge in [0, 0.05) is 24.5 Å². The molecule has 5 nitrogen and oxygen atoms in total. The Morgan fingerprint density at radius 3 is 2.15 bits per heavy atom. The number of morpholine rings is 1. The number of hydrogen-bond donors (Lipinski definition) is 1. The lowest BCUT2D eigenvalue weighted by atomic mass is 9.82. The first-order valence-corrected chi connectivity index (χ1v) is 10.9. The first-order chi connectivity index (χ1) is 12.8. The van der Waals surface area contributed by atoms with Gasteiger partial charge >= 0.3 is 0 Å². The summed E-state index contributed by atoms with van der Waals surface area (Å²) in [6.45, 7) is 9.60. The number of rotatable bonds is 6. The number of nitrogens with zero attached hydrogens (tertiary/aromatic N) is 1. The molecule has 1 heterocycles. The molecule has 0 unspecified atom stereocenters. The third kappa shape index (κ3) is 4.62. The summed E-state index contributed by atoms with van der Waals surface area (Å²) in [5.41, 5.74) is 2.81. The van der Waals surface area contributed by atoms with Gasteiger partial charge in [0.15, 0.2) is 0 Å². The normalized spacial score (nSPS) is 15.6. The van der Waals surface area contributed by atoms with Crippen LogP contribution in [0.3, 0.4) is 0 Å². The summed E-state index contributed by atoms with van der Waals surface area (Å²) in [6.07, 6.45) is 0.993. The van der Waals surface area contributed by atoms with Crippen molar-refractivity contribution < 1.29 is 13.2 Å². The molecule has 1 saturated heterocycles. The lowest BCUT2D eigenvalue weighted by Crippen LogP contribution is -2.36. The van der Waals surface area contributed by atoms with Gasteiger partial charge in [-0.25, -0.2) is 8.42 Å². The standard InChI is InChI=1S/C21H28N2O3S/c1-4-21(2,3)17-5-11-20(12-6-17)27(24,25)22-18-7-9-19(10-8-18)23-13-15-26-16-14-23/h5-12,22H,4,13-16H2,1-3H3. The van der Waals surface area contributed by atoms with Gasteiger partial charge in [0.2, 0.25) is 0 Å². The van der Waals surface area contributed by atoms with Crippen molar-refractivity contribution in [3.63, 3.8) is 0 Å². The molecule has 0 bridgehead atoms. The molecular weight excluding hydrogens is 360 g/mol. The quantitative estimate of drug-likeness (QED) is 0.812. The van der Waals surface area contributed by atoms with Crippen molar-refractivity contribution in [2.24, 2.45) is 0 Å². The minimum absolute atomic E-state index is 0.0328. The van der Waals surface area contributed by atoms with Gasteiger partial charge in [-0.15, -0.1) is 0 Å². The maximum absolute atomic E-state index is 12.7. The van der Waals surface area contributed by atoms with E-state index in [1.807, 2.05) is 24.3 Å². The highest BCUT2D eigenvalue weighted by Crippen LogP contribution is 2.28. The molecule has 0 spiro atoms. The van der Waals surface area contributed by atoms with Crippen LogP contribution in [0.5, 0.6) is 0 Å². The van der Waals surface area contributed by atoms with Gasteiger partial charge in [-0.2, -0.15) is 0 Å². The molecule has 0 radical (unpaired) electrons. The molecule has 1 aliphatic rings. The van der Waals surface area contributed by atoms with Gasteiger partial charge < -0.3 is 9.64 Å². The third-order valence-electron chi connectivity index (χ3n) is 5.33. The Morgan fingerprint density at radius 2 is 1.59 bits per heavy atom. The summed E-state index contributed by atoms with van der Waals surface area (Å²) >= 11 is 0. The van der Waals surface area contributed by atoms with E-state index in [-0.39, 0.29) is 10.3 Å². The predicted molar refractivity (Wildman–Crippen MR) is 110 cm³/mol. The van der Waals surface area contributed by atoms with Crippen molar-refractivity contribution in [1.82, 2.24) is 0 Å². The summed E-state index contributed by atoms with van der Waals surface area (Å²) in [7, 11) is -3.60. The molecule has 0 aromatic heterocycles. The van der Waals surface area contributed by atoms with E-state index in [4.69, 9.17) is 4.74 Å². The van der Waals surface area contributed by atoms with E-state index in [1.54, 1.807) is 24.3 Å². The van der Waals surface area contributed by atoms with Crippen LogP contribution in [-0.2, 0) is 20.2 Å². The predicted octanol–water partition coefficient (Wildman–Crippen LogP) is 4.01. The van der Waals surface area contributed by atoms with E-state index < -0.39 is 10.0 Å². The van der Waals surface area contributed by atoms with Crippen LogP contribution in [0.1, 0.15) is 32.8 Å². The van der Waals surface area contributed by atoms with Gasteiger partial charge in [-0.05, 0) is 53.8 Å². The molecule has 1 fully saturated rings. The van der Waals surface area contributed by atoms with Gasteiger partial charge in [0.1, 0.15) is 0 Å². The second-order valence-electron chi connectivity index (χ2n) is 7.51. The van der Waals surface area contributed by atoms with Crippen LogP contribution < -0.4 is 9.62 Å². The molecule has 0 amide bonds. The Kier molecular flexibility index (Phi) is 5.77. The van der Waals surface area contributed by atoms with Crippen LogP contribution >= 0.6 is 0 Å². The smallest absolute Gasteiger partial charge is 0.261 e. The van der Waals surface area contributed by atoms with Crippen LogP contribution in [0, 0.1) is 0 Å². The number of benzene rings is 2. The molecule has 2 aromatic rings. The number of hydrogen-bond acceptors (Lipinski definition) is 4. The Morgan fingerprint density at radius 1 is 1.00 bits per heavy atom. The minimum atomic E-state index is -3.60. The highest BCUT2D eigenvalue weighted by atomic mass is 32.2. The second kappa shape index (κ2) is 7.90. The zero-order valence-electron chi connectivity index (χ0n) is 16.2. The third-order valence-corrected chi connectivity index (χ3v) is 6.72. The van der Waals surface area contributed by atoms with Crippen LogP contribution in [0.4, 0.5) is 11.4 Å². The zero-order valence-corrected chi connectivity index (χ0v) is 17.1. The maximum atomic E-state index is 12.7. The van der Waals surface area contributed by atoms with E-state index >= 15 is 0 Å². The molecule has 0 aliphatic carbocycles. The molecule has 1 aliphatic heterocycles. The Labute approximate surface area is 162 Å². The number of ether oxygens (including phenoxy) is 1. The molecule has 146 valence electrons. The molecule has 0 atom stereocenters. The minimum Gasteiger partial charge on any atom is -0.378 e. The SMILES string of the molecule is CCC(C)(C)c1ccc(S(=O)(=O)Nc2ccc(N3CCOCC3)cc2)cc1. The fourth-order valence-electron chi connectivity index (χ4n) is 3.07. The second-order valence-corrected chi connectivity index (χ2v) is 9.20. The Balaban J connectivity index is 1.72. The van der Waals surface area contributed by atoms with Crippen molar-refractivity contribution in [1.29, 1.82) is 0 Å². The van der Waals surface area contributed by atoms with Crippen LogP contribution in [-0.4, -0.2) is 34.7 Å². The van der Waals surface area contributed by atoms with Crippen molar-refractivity contribution in [3.8, 4) is 0 Å². The highest BCUT2D eigenvalue weighted by molar-refractivity contribution is 7.92. The summed E-state index contributed by atoms with van der Waals surface area (Å²) in [5.74, 6) is 0. The van der Waals surface area contributed by atoms with Crippen LogP contribution in [0.15, 0.2) is 53.4 Å². The van der Waals surface area contributed by atoms with Crippen LogP contribution in [0.25, 0.3) is 0 Å². The van der Waals surface area contributed by atoms with E-state index in [2.05, 4.69) is 30.4 Å². The Hall–Kier alpha value is -2.05. The Bertz CT molecular complexity index is 853. The summed E-state index contributed by atoms with van der Waals surface area (Å²) in [4.78, 5) is 2.51. The van der Waals surface area contributed by atoms with E-state index in [0.717, 1.165) is 44.0 Å². The summed E-state index contributed by atoms with van der Waals surface area (Å²) in [5, 5.41) is 0. The first kappa shape index (κ1) is 19.7. The van der Waals surface area contributed by atoms with Crippen LogP contribution in [0.2, 0.25) is 0 Å². The van der Waals surface area contributed by atoms with Crippen molar-refractivity contribution >= 4 is 21.4 Å². The maximum Gasteiger partial charge on any atom is 0.261 e. The molecule has 27 heavy (non-hydrogen) atoms. The van der Waals surface area contributed by atoms with E-state index in [0.29, 0.717) is 5.69 Å². The topological polar surface area (TPSA) is 58.6 Å². The van der Waals surface area contributed by atoms with Gasteiger partial charge in [-0.1, -0.05) is 32.9 Å². The first-order valence-electron chi connectivity index (χ1n) is 9.38. The van der Waals surface area contributed by atoms with Gasteiger partial charge in [-0.3, -0.25) is 4.72 Å². The fraction of sp³-hybridized carbons (Fsp3) is 0.429. The van der Waals surface area contributed by atoms with Gasteiger partial charge in [0.05, 0.1) is 18.1 Å². The molecule has 1 N–H and O–H groups in total. The van der Waals surface area contributed by atoms with Crippen molar-refractivity contribution in [2.75, 3.05) is 35.9 Å². The van der Waals surface area contributed by atoms with E-state index in [9.17, 15) is 8.42 Å². The van der Waals surface area contributed by atoms with E-state index in [1.165, 1.54) is 0 Å². The number of sulfonamides is 1. The lowest BCUT2D eigenvalue weighted by Gasteiger charge is -2.28. The van der Waals surface area contributed by atoms with Gasteiger partial charge in [0.25, 0.3) is 10.0 Å². The molecular formula is C21H28N2O3S. The highest BCUT2D eigenvalue weighted by Gasteiger charge is 2.20. The average molecular weight is 389 g/mol. The summed E-state index contributed by atoms with van der Waals surface area (Å²) in [6, 6.07) is 14.6. The van der Waals surface area contributed by atoms with Crippen molar-refractivity contribution in [3.05, 3.63) is 54.1 Å².